The number of carbonyl (C=O) groups excluding carboxylic acids is 1. The molecule has 2 aromatic rings. The predicted molar refractivity (Wildman–Crippen MR) is 94.4 cm³/mol. The average molecular weight is 356 g/mol. The lowest BCUT2D eigenvalue weighted by atomic mass is 10.2. The summed E-state index contributed by atoms with van der Waals surface area (Å²) >= 11 is 0. The van der Waals surface area contributed by atoms with Gasteiger partial charge in [0.15, 0.2) is 12.4 Å². The van der Waals surface area contributed by atoms with Gasteiger partial charge in [0, 0.05) is 26.6 Å². The van der Waals surface area contributed by atoms with E-state index < -0.39 is 0 Å². The number of amides is 1. The van der Waals surface area contributed by atoms with E-state index in [0.29, 0.717) is 30.2 Å². The Hall–Kier alpha value is -2.41. The maximum absolute atomic E-state index is 12.3. The van der Waals surface area contributed by atoms with Gasteiger partial charge in [-0.15, -0.1) is 0 Å². The molecular weight excluding hydrogens is 332 g/mol. The van der Waals surface area contributed by atoms with E-state index in [1.54, 1.807) is 6.92 Å². The number of carbonyl (C=O) groups is 1. The van der Waals surface area contributed by atoms with E-state index >= 15 is 0 Å². The first-order valence-electron chi connectivity index (χ1n) is 9.03. The zero-order valence-corrected chi connectivity index (χ0v) is 15.2. The Bertz CT molecular complexity index is 751. The number of aromatic nitrogens is 2. The maximum Gasteiger partial charge on any atom is 0.260 e. The second-order valence-electron chi connectivity index (χ2n) is 7.32. The highest BCUT2D eigenvalue weighted by Crippen LogP contribution is 2.51. The van der Waals surface area contributed by atoms with Crippen molar-refractivity contribution < 1.29 is 14.1 Å². The van der Waals surface area contributed by atoms with Crippen LogP contribution in [0.1, 0.15) is 11.7 Å². The molecule has 2 aliphatic rings. The third-order valence-electron chi connectivity index (χ3n) is 5.33. The molecular formula is C19H24N4O3. The number of rotatable bonds is 7. The van der Waals surface area contributed by atoms with Crippen LogP contribution in [0.2, 0.25) is 0 Å². The number of likely N-dealkylation sites (tertiary alicyclic amines) is 1. The molecule has 2 fully saturated rings. The van der Waals surface area contributed by atoms with Crippen LogP contribution in [0.5, 0.6) is 5.75 Å². The predicted octanol–water partition coefficient (Wildman–Crippen LogP) is 1.59. The Labute approximate surface area is 152 Å². The van der Waals surface area contributed by atoms with Gasteiger partial charge in [0.25, 0.3) is 5.91 Å². The van der Waals surface area contributed by atoms with Crippen LogP contribution in [-0.4, -0.2) is 59.1 Å². The Morgan fingerprint density at radius 2 is 2.04 bits per heavy atom. The van der Waals surface area contributed by atoms with E-state index in [-0.39, 0.29) is 12.5 Å². The highest BCUT2D eigenvalue weighted by molar-refractivity contribution is 5.78. The van der Waals surface area contributed by atoms with Gasteiger partial charge in [-0.3, -0.25) is 9.69 Å². The Kier molecular flexibility index (Phi) is 4.63. The molecule has 1 saturated carbocycles. The molecule has 3 atom stereocenters. The van der Waals surface area contributed by atoms with Gasteiger partial charge < -0.3 is 14.2 Å². The van der Waals surface area contributed by atoms with Gasteiger partial charge in [0.2, 0.25) is 5.89 Å². The van der Waals surface area contributed by atoms with Crippen molar-refractivity contribution in [2.45, 2.75) is 13.5 Å². The SMILES string of the molecule is Cc1nc(CN(C)CC2[C@H]3CN(C(=O)COc4ccccc4)C[C@@H]23)no1. The summed E-state index contributed by atoms with van der Waals surface area (Å²) in [5.74, 6) is 4.04. The number of nitrogens with zero attached hydrogens (tertiary/aromatic N) is 4. The summed E-state index contributed by atoms with van der Waals surface area (Å²) in [6.45, 7) is 5.31. The molecule has 7 nitrogen and oxygen atoms in total. The molecule has 1 aliphatic heterocycles. The smallest absolute Gasteiger partial charge is 0.260 e. The van der Waals surface area contributed by atoms with Gasteiger partial charge in [-0.05, 0) is 36.9 Å². The highest BCUT2D eigenvalue weighted by atomic mass is 16.5. The van der Waals surface area contributed by atoms with Crippen molar-refractivity contribution in [2.75, 3.05) is 33.3 Å². The third-order valence-corrected chi connectivity index (χ3v) is 5.33. The molecule has 1 aliphatic carbocycles. The normalized spacial score (nSPS) is 24.0. The maximum atomic E-state index is 12.3. The van der Waals surface area contributed by atoms with Crippen molar-refractivity contribution >= 4 is 5.91 Å². The van der Waals surface area contributed by atoms with Crippen LogP contribution < -0.4 is 4.74 Å². The Morgan fingerprint density at radius 3 is 2.69 bits per heavy atom. The molecule has 138 valence electrons. The third kappa shape index (κ3) is 3.72. The first kappa shape index (κ1) is 17.0. The molecule has 7 heteroatoms. The lowest BCUT2D eigenvalue weighted by Gasteiger charge is -2.22. The van der Waals surface area contributed by atoms with E-state index in [4.69, 9.17) is 9.26 Å². The fourth-order valence-corrected chi connectivity index (χ4v) is 3.95. The van der Waals surface area contributed by atoms with Crippen molar-refractivity contribution in [1.29, 1.82) is 0 Å². The van der Waals surface area contributed by atoms with Crippen LogP contribution in [0.15, 0.2) is 34.9 Å². The largest absolute Gasteiger partial charge is 0.484 e. The summed E-state index contributed by atoms with van der Waals surface area (Å²) in [5, 5.41) is 3.94. The van der Waals surface area contributed by atoms with E-state index in [0.717, 1.165) is 31.2 Å². The second-order valence-corrected chi connectivity index (χ2v) is 7.32. The van der Waals surface area contributed by atoms with E-state index in [1.807, 2.05) is 35.2 Å². The number of hydrogen-bond donors (Lipinski definition) is 0. The molecule has 1 saturated heterocycles. The van der Waals surface area contributed by atoms with Gasteiger partial charge >= 0.3 is 0 Å². The monoisotopic (exact) mass is 356 g/mol. The van der Waals surface area contributed by atoms with Gasteiger partial charge in [-0.25, -0.2) is 0 Å². The molecule has 4 rings (SSSR count). The minimum Gasteiger partial charge on any atom is -0.484 e. The number of piperidine rings is 1. The Morgan fingerprint density at radius 1 is 1.31 bits per heavy atom. The molecule has 0 N–H and O–H groups in total. The summed E-state index contributed by atoms with van der Waals surface area (Å²) < 4.78 is 10.6. The molecule has 1 amide bonds. The molecule has 1 unspecified atom stereocenters. The number of aryl methyl sites for hydroxylation is 1. The molecule has 0 bridgehead atoms. The van der Waals surface area contributed by atoms with Gasteiger partial charge in [-0.1, -0.05) is 23.4 Å². The number of hydrogen-bond acceptors (Lipinski definition) is 6. The van der Waals surface area contributed by atoms with Gasteiger partial charge in [0.05, 0.1) is 6.54 Å². The molecule has 1 aromatic carbocycles. The van der Waals surface area contributed by atoms with Crippen molar-refractivity contribution in [2.24, 2.45) is 17.8 Å². The first-order chi connectivity index (χ1) is 12.6. The second kappa shape index (κ2) is 7.07. The fraction of sp³-hybridized carbons (Fsp3) is 0.526. The number of benzene rings is 1. The van der Waals surface area contributed by atoms with Crippen LogP contribution in [0.25, 0.3) is 0 Å². The van der Waals surface area contributed by atoms with Crippen molar-refractivity contribution in [3.63, 3.8) is 0 Å². The van der Waals surface area contributed by atoms with E-state index in [1.165, 1.54) is 0 Å². The summed E-state index contributed by atoms with van der Waals surface area (Å²) in [6.07, 6.45) is 0. The first-order valence-corrected chi connectivity index (χ1v) is 9.03. The van der Waals surface area contributed by atoms with Crippen molar-refractivity contribution in [1.82, 2.24) is 19.9 Å². The number of para-hydroxylation sites is 1. The van der Waals surface area contributed by atoms with Gasteiger partial charge in [0.1, 0.15) is 5.75 Å². The lowest BCUT2D eigenvalue weighted by Crippen LogP contribution is -2.36. The van der Waals surface area contributed by atoms with E-state index in [9.17, 15) is 4.79 Å². The summed E-state index contributed by atoms with van der Waals surface area (Å²) in [5.41, 5.74) is 0. The minimum atomic E-state index is 0.0791. The molecule has 0 radical (unpaired) electrons. The zero-order valence-electron chi connectivity index (χ0n) is 15.2. The molecule has 2 heterocycles. The standard InChI is InChI=1S/C19H24N4O3/c1-13-20-18(21-26-13)11-22(2)8-15-16-9-23(10-17(15)16)19(24)12-25-14-6-4-3-5-7-14/h3-7,15-17H,8-12H2,1-2H3/t15?,16-,17+. The number of ether oxygens (including phenoxy) is 1. The van der Waals surface area contributed by atoms with Gasteiger partial charge in [-0.2, -0.15) is 4.98 Å². The van der Waals surface area contributed by atoms with Crippen molar-refractivity contribution in [3.8, 4) is 5.75 Å². The quantitative estimate of drug-likeness (QED) is 0.750. The molecule has 1 aromatic heterocycles. The van der Waals surface area contributed by atoms with Crippen LogP contribution in [0, 0.1) is 24.7 Å². The summed E-state index contributed by atoms with van der Waals surface area (Å²) in [4.78, 5) is 20.7. The Balaban J connectivity index is 1.19. The average Bonchev–Trinajstić information content (AvgIpc) is 2.99. The van der Waals surface area contributed by atoms with Crippen LogP contribution in [0.4, 0.5) is 0 Å². The van der Waals surface area contributed by atoms with Crippen LogP contribution in [0.3, 0.4) is 0 Å². The highest BCUT2D eigenvalue weighted by Gasteiger charge is 2.56. The summed E-state index contributed by atoms with van der Waals surface area (Å²) in [6, 6.07) is 9.47. The lowest BCUT2D eigenvalue weighted by molar-refractivity contribution is -0.133. The zero-order chi connectivity index (χ0) is 18.1. The summed E-state index contributed by atoms with van der Waals surface area (Å²) in [7, 11) is 2.08. The van der Waals surface area contributed by atoms with Crippen LogP contribution in [-0.2, 0) is 11.3 Å². The minimum absolute atomic E-state index is 0.0791. The number of fused-ring (bicyclic) bond motifs is 1. The molecule has 26 heavy (non-hydrogen) atoms. The molecule has 0 spiro atoms. The fourth-order valence-electron chi connectivity index (χ4n) is 3.95. The van der Waals surface area contributed by atoms with Crippen LogP contribution >= 0.6 is 0 Å². The van der Waals surface area contributed by atoms with Crippen molar-refractivity contribution in [3.05, 3.63) is 42.0 Å². The topological polar surface area (TPSA) is 71.7 Å². The van der Waals surface area contributed by atoms with E-state index in [2.05, 4.69) is 22.1 Å².